The Kier molecular flexibility index (Phi) is 7.73. The van der Waals surface area contributed by atoms with Crippen molar-refractivity contribution in [1.29, 1.82) is 0 Å². The van der Waals surface area contributed by atoms with Crippen LogP contribution in [0.2, 0.25) is 0 Å². The molecule has 2 aromatic carbocycles. The van der Waals surface area contributed by atoms with Crippen molar-refractivity contribution in [2.75, 3.05) is 0 Å². The smallest absolute Gasteiger partial charge is 0.326 e. The lowest BCUT2D eigenvalue weighted by Crippen LogP contribution is -2.53. The number of benzene rings is 2. The third kappa shape index (κ3) is 6.13. The molecule has 10 heteroatoms. The molecule has 0 spiro atoms. The third-order valence-corrected chi connectivity index (χ3v) is 5.62. The van der Waals surface area contributed by atoms with E-state index in [-0.39, 0.29) is 6.42 Å². The van der Waals surface area contributed by atoms with Gasteiger partial charge in [-0.15, -0.1) is 0 Å². The van der Waals surface area contributed by atoms with Gasteiger partial charge >= 0.3 is 11.9 Å². The Morgan fingerprint density at radius 2 is 1.52 bits per heavy atom. The average Bonchev–Trinajstić information content (AvgIpc) is 3.20. The van der Waals surface area contributed by atoms with Crippen LogP contribution in [-0.4, -0.2) is 51.0 Å². The molecule has 0 aliphatic carbocycles. The van der Waals surface area contributed by atoms with E-state index in [1.807, 2.05) is 24.3 Å². The summed E-state index contributed by atoms with van der Waals surface area (Å²) in [5.74, 6) is -4.19. The second-order valence-electron chi connectivity index (χ2n) is 7.44. The van der Waals surface area contributed by atoms with E-state index < -0.39 is 47.5 Å². The minimum Gasteiger partial charge on any atom is -0.481 e. The van der Waals surface area contributed by atoms with Crippen LogP contribution in [0.4, 0.5) is 0 Å². The highest BCUT2D eigenvalue weighted by Gasteiger charge is 2.30. The Balaban J connectivity index is 1.73. The van der Waals surface area contributed by atoms with Crippen LogP contribution >= 0.6 is 12.6 Å². The molecule has 1 aromatic heterocycles. The number of amides is 2. The van der Waals surface area contributed by atoms with Gasteiger partial charge in [0.2, 0.25) is 11.8 Å². The molecule has 2 amide bonds. The largest absolute Gasteiger partial charge is 0.481 e. The molecule has 0 bridgehead atoms. The van der Waals surface area contributed by atoms with Crippen LogP contribution in [0.1, 0.15) is 22.8 Å². The van der Waals surface area contributed by atoms with Gasteiger partial charge in [-0.2, -0.15) is 12.6 Å². The van der Waals surface area contributed by atoms with E-state index >= 15 is 0 Å². The molecule has 5 N–H and O–H groups in total. The SMILES string of the molecule is O=C(O)C[C@H](NC(=O)[C@@H](S)c1ccccc1)C(=O)N[C@@H](Cc1c[nH]c2ccccc12)C(=O)O. The molecule has 3 atom stereocenters. The lowest BCUT2D eigenvalue weighted by Gasteiger charge is -2.22. The summed E-state index contributed by atoms with van der Waals surface area (Å²) in [6.45, 7) is 0. The van der Waals surface area contributed by atoms with Gasteiger partial charge in [-0.05, 0) is 17.2 Å². The van der Waals surface area contributed by atoms with E-state index in [9.17, 15) is 29.4 Å². The number of H-pyrrole nitrogens is 1. The van der Waals surface area contributed by atoms with Gasteiger partial charge in [0, 0.05) is 23.5 Å². The third-order valence-electron chi connectivity index (χ3n) is 5.09. The second kappa shape index (κ2) is 10.7. The van der Waals surface area contributed by atoms with Crippen molar-refractivity contribution in [2.24, 2.45) is 0 Å². The number of fused-ring (bicyclic) bond motifs is 1. The minimum atomic E-state index is -1.47. The van der Waals surface area contributed by atoms with Gasteiger partial charge in [0.25, 0.3) is 0 Å². The minimum absolute atomic E-state index is 0.0297. The summed E-state index contributed by atoms with van der Waals surface area (Å²) in [4.78, 5) is 51.5. The molecule has 0 saturated carbocycles. The maximum absolute atomic E-state index is 12.8. The molecule has 0 fully saturated rings. The van der Waals surface area contributed by atoms with Crippen LogP contribution in [-0.2, 0) is 25.6 Å². The first-order valence-electron chi connectivity index (χ1n) is 10.1. The maximum Gasteiger partial charge on any atom is 0.326 e. The number of carbonyl (C=O) groups is 4. The van der Waals surface area contributed by atoms with Crippen molar-refractivity contribution in [1.82, 2.24) is 15.6 Å². The number of carboxylic acid groups (broad SMARTS) is 2. The highest BCUT2D eigenvalue weighted by molar-refractivity contribution is 7.81. The fourth-order valence-corrected chi connectivity index (χ4v) is 3.66. The Morgan fingerprint density at radius 1 is 0.879 bits per heavy atom. The summed E-state index contributed by atoms with van der Waals surface area (Å²) in [6.07, 6.45) is 0.916. The molecule has 3 rings (SSSR count). The maximum atomic E-state index is 12.8. The van der Waals surface area contributed by atoms with E-state index in [1.165, 1.54) is 0 Å². The summed E-state index contributed by atoms with van der Waals surface area (Å²) in [6, 6.07) is 13.1. The first-order valence-corrected chi connectivity index (χ1v) is 10.6. The molecule has 0 aliphatic heterocycles. The van der Waals surface area contributed by atoms with Crippen LogP contribution in [0, 0.1) is 0 Å². The number of aliphatic carboxylic acids is 2. The predicted molar refractivity (Wildman–Crippen MR) is 124 cm³/mol. The predicted octanol–water partition coefficient (Wildman–Crippen LogP) is 1.91. The van der Waals surface area contributed by atoms with Gasteiger partial charge in [0.1, 0.15) is 17.3 Å². The van der Waals surface area contributed by atoms with Crippen LogP contribution in [0.5, 0.6) is 0 Å². The number of carbonyl (C=O) groups excluding carboxylic acids is 2. The summed E-state index contributed by atoms with van der Waals surface area (Å²) in [7, 11) is 0. The number of para-hydroxylation sites is 1. The molecule has 0 aliphatic rings. The molecule has 33 heavy (non-hydrogen) atoms. The second-order valence-corrected chi connectivity index (χ2v) is 7.95. The van der Waals surface area contributed by atoms with Crippen molar-refractivity contribution in [2.45, 2.75) is 30.2 Å². The van der Waals surface area contributed by atoms with E-state index in [2.05, 4.69) is 28.2 Å². The average molecular weight is 470 g/mol. The lowest BCUT2D eigenvalue weighted by molar-refractivity contribution is -0.143. The monoisotopic (exact) mass is 469 g/mol. The van der Waals surface area contributed by atoms with Crippen LogP contribution < -0.4 is 10.6 Å². The topological polar surface area (TPSA) is 149 Å². The summed E-state index contributed by atoms with van der Waals surface area (Å²) >= 11 is 4.26. The first kappa shape index (κ1) is 23.9. The zero-order valence-corrected chi connectivity index (χ0v) is 18.3. The normalized spacial score (nSPS) is 13.6. The van der Waals surface area contributed by atoms with E-state index in [1.54, 1.807) is 36.5 Å². The van der Waals surface area contributed by atoms with Crippen LogP contribution in [0.15, 0.2) is 60.8 Å². The number of nitrogens with one attached hydrogen (secondary N) is 3. The van der Waals surface area contributed by atoms with E-state index in [4.69, 9.17) is 0 Å². The molecule has 3 aromatic rings. The molecule has 1 heterocycles. The molecule has 0 radical (unpaired) electrons. The summed E-state index contributed by atoms with van der Waals surface area (Å²) in [5.41, 5.74) is 2.06. The van der Waals surface area contributed by atoms with Crippen molar-refractivity contribution in [3.05, 3.63) is 71.9 Å². The molecule has 0 unspecified atom stereocenters. The number of aromatic amines is 1. The molecular formula is C23H23N3O6S. The number of hydrogen-bond acceptors (Lipinski definition) is 5. The zero-order valence-electron chi connectivity index (χ0n) is 17.4. The van der Waals surface area contributed by atoms with E-state index in [0.29, 0.717) is 11.1 Å². The Labute approximate surface area is 194 Å². The fourth-order valence-electron chi connectivity index (χ4n) is 3.41. The van der Waals surface area contributed by atoms with Gasteiger partial charge in [0.05, 0.1) is 6.42 Å². The Morgan fingerprint density at radius 3 is 2.18 bits per heavy atom. The lowest BCUT2D eigenvalue weighted by atomic mass is 10.0. The van der Waals surface area contributed by atoms with Gasteiger partial charge in [-0.25, -0.2) is 4.79 Å². The fraction of sp³-hybridized carbons (Fsp3) is 0.217. The van der Waals surface area contributed by atoms with Crippen molar-refractivity contribution < 1.29 is 29.4 Å². The molecule has 0 saturated heterocycles. The number of aromatic nitrogens is 1. The Bertz CT molecular complexity index is 1160. The van der Waals surface area contributed by atoms with Gasteiger partial charge < -0.3 is 25.8 Å². The summed E-state index contributed by atoms with van der Waals surface area (Å²) in [5, 5.41) is 23.4. The van der Waals surface area contributed by atoms with Gasteiger partial charge in [-0.1, -0.05) is 48.5 Å². The zero-order chi connectivity index (χ0) is 24.0. The van der Waals surface area contributed by atoms with Crippen LogP contribution in [0.25, 0.3) is 10.9 Å². The standard InChI is InChI=1S/C23H23N3O6S/c27-19(28)11-17(25-22(30)20(33)13-6-2-1-3-7-13)21(29)26-18(23(31)32)10-14-12-24-16-9-5-4-8-15(14)16/h1-9,12,17-18,20,24,33H,10-11H2,(H,25,30)(H,26,29)(H,27,28)(H,31,32)/t17-,18-,20-/m0/s1. The Hall–Kier alpha value is -3.79. The number of carboxylic acids is 2. The first-order chi connectivity index (χ1) is 15.8. The van der Waals surface area contributed by atoms with Crippen LogP contribution in [0.3, 0.4) is 0 Å². The van der Waals surface area contributed by atoms with E-state index in [0.717, 1.165) is 10.9 Å². The molecule has 172 valence electrons. The van der Waals surface area contributed by atoms with Gasteiger partial charge in [-0.3, -0.25) is 14.4 Å². The van der Waals surface area contributed by atoms with Crippen molar-refractivity contribution in [3.63, 3.8) is 0 Å². The highest BCUT2D eigenvalue weighted by Crippen LogP contribution is 2.21. The van der Waals surface area contributed by atoms with Gasteiger partial charge in [0.15, 0.2) is 0 Å². The highest BCUT2D eigenvalue weighted by atomic mass is 32.1. The molecule has 9 nitrogen and oxygen atoms in total. The summed E-state index contributed by atoms with van der Waals surface area (Å²) < 4.78 is 0. The quantitative estimate of drug-likeness (QED) is 0.250. The van der Waals surface area contributed by atoms with Crippen molar-refractivity contribution in [3.8, 4) is 0 Å². The molecular weight excluding hydrogens is 446 g/mol. The number of rotatable bonds is 10. The number of hydrogen-bond donors (Lipinski definition) is 6. The van der Waals surface area contributed by atoms with Crippen molar-refractivity contribution >= 4 is 47.3 Å². The number of thiol groups is 1.